The van der Waals surface area contributed by atoms with Gasteiger partial charge in [-0.25, -0.2) is 8.42 Å². The number of carboxylic acids is 1. The Morgan fingerprint density at radius 2 is 2.13 bits per heavy atom. The van der Waals surface area contributed by atoms with E-state index < -0.39 is 33.9 Å². The molecule has 0 bridgehead atoms. The van der Waals surface area contributed by atoms with E-state index in [1.807, 2.05) is 0 Å². The molecule has 1 fully saturated rings. The van der Waals surface area contributed by atoms with Gasteiger partial charge in [0.05, 0.1) is 6.61 Å². The number of nitrogens with one attached hydrogen (secondary N) is 1. The van der Waals surface area contributed by atoms with Crippen LogP contribution in [0.4, 0.5) is 8.78 Å². The number of hydrogen-bond acceptors (Lipinski definition) is 4. The van der Waals surface area contributed by atoms with Crippen molar-refractivity contribution in [2.45, 2.75) is 17.7 Å². The molecular weight excluding hydrogens is 236 g/mol. The Labute approximate surface area is 84.3 Å². The van der Waals surface area contributed by atoms with Crippen molar-refractivity contribution in [3.8, 4) is 0 Å². The van der Waals surface area contributed by atoms with Gasteiger partial charge in [0.25, 0.3) is 10.0 Å². The summed E-state index contributed by atoms with van der Waals surface area (Å²) in [5.41, 5.74) is -1.96. The van der Waals surface area contributed by atoms with E-state index in [0.717, 1.165) is 0 Å². The number of alkyl halides is 2. The summed E-state index contributed by atoms with van der Waals surface area (Å²) in [6, 6.07) is 0. The minimum atomic E-state index is -4.93. The summed E-state index contributed by atoms with van der Waals surface area (Å²) >= 11 is 0. The maximum absolute atomic E-state index is 12.0. The van der Waals surface area contributed by atoms with E-state index in [4.69, 9.17) is 9.84 Å². The van der Waals surface area contributed by atoms with E-state index in [1.165, 1.54) is 4.72 Å². The van der Waals surface area contributed by atoms with Gasteiger partial charge in [-0.1, -0.05) is 0 Å². The largest absolute Gasteiger partial charge is 0.480 e. The molecule has 6 nitrogen and oxygen atoms in total. The predicted molar refractivity (Wildman–Crippen MR) is 43.9 cm³/mol. The second kappa shape index (κ2) is 3.99. The first-order valence-electron chi connectivity index (χ1n) is 3.92. The highest BCUT2D eigenvalue weighted by Crippen LogP contribution is 2.21. The number of aliphatic carboxylic acids is 1. The minimum absolute atomic E-state index is 0.0120. The molecule has 1 saturated heterocycles. The molecule has 1 rings (SSSR count). The van der Waals surface area contributed by atoms with Gasteiger partial charge in [-0.05, 0) is 0 Å². The van der Waals surface area contributed by atoms with Crippen LogP contribution in [0.3, 0.4) is 0 Å². The Morgan fingerprint density at radius 1 is 1.53 bits per heavy atom. The SMILES string of the molecule is O=C(O)C1(NS(=O)(=O)C(F)F)CCOC1. The molecule has 1 atom stereocenters. The van der Waals surface area contributed by atoms with Gasteiger partial charge in [0, 0.05) is 13.0 Å². The molecule has 1 aliphatic heterocycles. The molecule has 1 unspecified atom stereocenters. The smallest absolute Gasteiger partial charge is 0.350 e. The lowest BCUT2D eigenvalue weighted by atomic mass is 10.0. The van der Waals surface area contributed by atoms with Crippen LogP contribution in [0.15, 0.2) is 0 Å². The van der Waals surface area contributed by atoms with E-state index in [2.05, 4.69) is 0 Å². The van der Waals surface area contributed by atoms with Crippen LogP contribution < -0.4 is 4.72 Å². The first kappa shape index (κ1) is 12.3. The second-order valence-corrected chi connectivity index (χ2v) is 4.75. The number of hydrogen-bond donors (Lipinski definition) is 2. The molecule has 0 aromatic rings. The molecule has 15 heavy (non-hydrogen) atoms. The second-order valence-electron chi connectivity index (χ2n) is 3.10. The van der Waals surface area contributed by atoms with Crippen LogP contribution in [0.2, 0.25) is 0 Å². The van der Waals surface area contributed by atoms with Gasteiger partial charge in [-0.2, -0.15) is 13.5 Å². The Balaban J connectivity index is 2.90. The highest BCUT2D eigenvalue weighted by atomic mass is 32.2. The summed E-state index contributed by atoms with van der Waals surface area (Å²) in [6.45, 7) is -0.438. The Morgan fingerprint density at radius 3 is 2.47 bits per heavy atom. The summed E-state index contributed by atoms with van der Waals surface area (Å²) in [6.07, 6.45) is -0.172. The summed E-state index contributed by atoms with van der Waals surface area (Å²) < 4.78 is 51.8. The molecule has 2 N–H and O–H groups in total. The van der Waals surface area contributed by atoms with Gasteiger partial charge < -0.3 is 9.84 Å². The molecule has 9 heteroatoms. The number of sulfonamides is 1. The number of carbonyl (C=O) groups is 1. The van der Waals surface area contributed by atoms with Crippen molar-refractivity contribution in [1.29, 1.82) is 0 Å². The molecule has 0 amide bonds. The lowest BCUT2D eigenvalue weighted by Crippen LogP contribution is -2.56. The molecule has 0 aliphatic carbocycles. The number of rotatable bonds is 4. The quantitative estimate of drug-likeness (QED) is 0.688. The van der Waals surface area contributed by atoms with Crippen molar-refractivity contribution >= 4 is 16.0 Å². The molecule has 0 radical (unpaired) electrons. The summed E-state index contributed by atoms with van der Waals surface area (Å²) in [5.74, 6) is -5.18. The molecule has 1 heterocycles. The van der Waals surface area contributed by atoms with Crippen LogP contribution in [0.1, 0.15) is 6.42 Å². The molecular formula is C6H9F2NO5S. The lowest BCUT2D eigenvalue weighted by molar-refractivity contribution is -0.144. The normalized spacial score (nSPS) is 27.1. The third-order valence-electron chi connectivity index (χ3n) is 2.00. The predicted octanol–water partition coefficient (Wildman–Crippen LogP) is -0.628. The van der Waals surface area contributed by atoms with Gasteiger partial charge in [-0.3, -0.25) is 4.79 Å². The molecule has 0 saturated carbocycles. The van der Waals surface area contributed by atoms with Crippen molar-refractivity contribution in [2.75, 3.05) is 13.2 Å². The zero-order valence-corrected chi connectivity index (χ0v) is 8.26. The number of halogens is 2. The van der Waals surface area contributed by atoms with E-state index in [-0.39, 0.29) is 13.0 Å². The van der Waals surface area contributed by atoms with Crippen LogP contribution in [0.5, 0.6) is 0 Å². The maximum Gasteiger partial charge on any atom is 0.350 e. The summed E-state index contributed by atoms with van der Waals surface area (Å²) in [4.78, 5) is 10.8. The third kappa shape index (κ3) is 2.41. The van der Waals surface area contributed by atoms with Crippen LogP contribution in [0.25, 0.3) is 0 Å². The Hall–Kier alpha value is -0.800. The molecule has 0 aromatic heterocycles. The third-order valence-corrected chi connectivity index (χ3v) is 3.15. The monoisotopic (exact) mass is 245 g/mol. The van der Waals surface area contributed by atoms with Crippen LogP contribution in [-0.4, -0.2) is 44.0 Å². The van der Waals surface area contributed by atoms with E-state index in [0.29, 0.717) is 0 Å². The fraction of sp³-hybridized carbons (Fsp3) is 0.833. The van der Waals surface area contributed by atoms with Gasteiger partial charge in [0.15, 0.2) is 5.54 Å². The fourth-order valence-corrected chi connectivity index (χ4v) is 2.06. The van der Waals surface area contributed by atoms with Crippen molar-refractivity contribution in [1.82, 2.24) is 4.72 Å². The zero-order valence-electron chi connectivity index (χ0n) is 7.44. The molecule has 0 aromatic carbocycles. The van der Waals surface area contributed by atoms with Gasteiger partial charge in [0.2, 0.25) is 0 Å². The number of ether oxygens (including phenoxy) is 1. The topological polar surface area (TPSA) is 92.7 Å². The minimum Gasteiger partial charge on any atom is -0.480 e. The average Bonchev–Trinajstić information content (AvgIpc) is 2.53. The lowest BCUT2D eigenvalue weighted by Gasteiger charge is -2.22. The summed E-state index contributed by atoms with van der Waals surface area (Å²) in [5, 5.41) is 8.76. The van der Waals surface area contributed by atoms with E-state index >= 15 is 0 Å². The van der Waals surface area contributed by atoms with Gasteiger partial charge in [0.1, 0.15) is 0 Å². The average molecular weight is 245 g/mol. The van der Waals surface area contributed by atoms with E-state index in [9.17, 15) is 22.0 Å². The van der Waals surface area contributed by atoms with Crippen molar-refractivity contribution in [3.05, 3.63) is 0 Å². The molecule has 0 spiro atoms. The zero-order chi connectivity index (χ0) is 11.7. The standard InChI is InChI=1S/C6H9F2NO5S/c7-5(8)15(12,13)9-6(4(10)11)1-2-14-3-6/h5,9H,1-3H2,(H,10,11). The van der Waals surface area contributed by atoms with Crippen molar-refractivity contribution in [2.24, 2.45) is 0 Å². The van der Waals surface area contributed by atoms with Crippen LogP contribution in [0, 0.1) is 0 Å². The first-order chi connectivity index (χ1) is 6.80. The Kier molecular flexibility index (Phi) is 3.26. The summed E-state index contributed by atoms with van der Waals surface area (Å²) in [7, 11) is -4.93. The van der Waals surface area contributed by atoms with Gasteiger partial charge in [-0.15, -0.1) is 0 Å². The number of carboxylic acid groups (broad SMARTS) is 1. The highest BCUT2D eigenvalue weighted by Gasteiger charge is 2.47. The highest BCUT2D eigenvalue weighted by molar-refractivity contribution is 7.89. The van der Waals surface area contributed by atoms with Crippen LogP contribution >= 0.6 is 0 Å². The van der Waals surface area contributed by atoms with E-state index in [1.54, 1.807) is 0 Å². The van der Waals surface area contributed by atoms with Crippen molar-refractivity contribution in [3.63, 3.8) is 0 Å². The molecule has 88 valence electrons. The Bertz CT molecular complexity index is 349. The maximum atomic E-state index is 12.0. The fourth-order valence-electron chi connectivity index (χ4n) is 1.17. The van der Waals surface area contributed by atoms with Gasteiger partial charge >= 0.3 is 11.7 Å². The van der Waals surface area contributed by atoms with Crippen LogP contribution in [-0.2, 0) is 19.6 Å². The first-order valence-corrected chi connectivity index (χ1v) is 5.47. The van der Waals surface area contributed by atoms with Crippen molar-refractivity contribution < 1.29 is 31.8 Å². The molecule has 1 aliphatic rings.